The lowest BCUT2D eigenvalue weighted by Gasteiger charge is -2.35. The lowest BCUT2D eigenvalue weighted by atomic mass is 9.83. The number of amides is 1. The number of aromatic amines is 1. The van der Waals surface area contributed by atoms with Gasteiger partial charge in [-0.25, -0.2) is 13.2 Å². The Morgan fingerprint density at radius 3 is 2.67 bits per heavy atom. The van der Waals surface area contributed by atoms with Crippen LogP contribution >= 0.6 is 0 Å². The summed E-state index contributed by atoms with van der Waals surface area (Å²) >= 11 is 0. The Morgan fingerprint density at radius 2 is 1.97 bits per heavy atom. The van der Waals surface area contributed by atoms with Gasteiger partial charge in [0.05, 0.1) is 18.4 Å². The standard InChI is InChI=1S/C24H23F3N4O2/c1-31(21-6-12-4-14(21)5-12)22(24(33)29-11-20-18(27)9-16(26)10-28-20)17-8-13-7-15(25)2-3-19(13)30-23(17)32/h2-3,7-10,12,14,21-22H,4-6,11H2,1H3,(H,29,33)(H,30,32)/t12?,14?,21?,22-/m1/s1. The molecule has 3 saturated carbocycles. The number of rotatable bonds is 6. The molecule has 2 bridgehead atoms. The molecule has 3 fully saturated rings. The molecule has 0 saturated heterocycles. The fourth-order valence-electron chi connectivity index (χ4n) is 5.30. The molecule has 2 heterocycles. The zero-order valence-corrected chi connectivity index (χ0v) is 17.9. The molecule has 0 spiro atoms. The highest BCUT2D eigenvalue weighted by Gasteiger charge is 2.48. The van der Waals surface area contributed by atoms with E-state index in [1.165, 1.54) is 24.3 Å². The summed E-state index contributed by atoms with van der Waals surface area (Å²) in [6.45, 7) is -0.258. The predicted octanol–water partition coefficient (Wildman–Crippen LogP) is 3.43. The predicted molar refractivity (Wildman–Crippen MR) is 116 cm³/mol. The van der Waals surface area contributed by atoms with Crippen LogP contribution in [0.15, 0.2) is 41.3 Å². The number of hydrogen-bond acceptors (Lipinski definition) is 4. The molecule has 3 aromatic rings. The number of aromatic nitrogens is 2. The Morgan fingerprint density at radius 1 is 1.18 bits per heavy atom. The molecule has 2 aromatic heterocycles. The molecule has 3 aliphatic rings. The second-order valence-corrected chi connectivity index (χ2v) is 9.05. The highest BCUT2D eigenvalue weighted by atomic mass is 19.1. The van der Waals surface area contributed by atoms with Gasteiger partial charge in [-0.3, -0.25) is 19.5 Å². The van der Waals surface area contributed by atoms with Gasteiger partial charge in [0, 0.05) is 28.6 Å². The van der Waals surface area contributed by atoms with E-state index in [0.29, 0.717) is 28.8 Å². The lowest BCUT2D eigenvalue weighted by molar-refractivity contribution is -0.127. The number of nitrogens with one attached hydrogen (secondary N) is 2. The number of pyridine rings is 2. The minimum Gasteiger partial charge on any atom is -0.349 e. The van der Waals surface area contributed by atoms with Gasteiger partial charge in [-0.2, -0.15) is 0 Å². The largest absolute Gasteiger partial charge is 0.349 e. The first kappa shape index (κ1) is 21.6. The van der Waals surface area contributed by atoms with Crippen LogP contribution in [0.1, 0.15) is 36.6 Å². The van der Waals surface area contributed by atoms with Crippen molar-refractivity contribution in [2.24, 2.45) is 11.8 Å². The van der Waals surface area contributed by atoms with Gasteiger partial charge < -0.3 is 10.3 Å². The Bertz CT molecular complexity index is 1290. The summed E-state index contributed by atoms with van der Waals surface area (Å²) < 4.78 is 41.0. The van der Waals surface area contributed by atoms with Crippen molar-refractivity contribution >= 4 is 16.8 Å². The molecule has 2 atom stereocenters. The highest BCUT2D eigenvalue weighted by molar-refractivity contribution is 5.85. The fraction of sp³-hybridized carbons (Fsp3) is 0.375. The Hall–Kier alpha value is -3.20. The zero-order valence-electron chi connectivity index (χ0n) is 17.9. The molecule has 6 nitrogen and oxygen atoms in total. The molecule has 33 heavy (non-hydrogen) atoms. The number of likely N-dealkylation sites (N-methyl/N-ethyl adjacent to an activating group) is 1. The van der Waals surface area contributed by atoms with Gasteiger partial charge in [0.15, 0.2) is 0 Å². The Labute approximate surface area is 187 Å². The number of carbonyl (C=O) groups is 1. The van der Waals surface area contributed by atoms with Crippen LogP contribution in [0.25, 0.3) is 10.9 Å². The molecular formula is C24H23F3N4O2. The number of carbonyl (C=O) groups excluding carboxylic acids is 1. The average molecular weight is 456 g/mol. The number of halogens is 3. The van der Waals surface area contributed by atoms with Crippen LogP contribution in [-0.4, -0.2) is 33.9 Å². The molecule has 0 aliphatic heterocycles. The van der Waals surface area contributed by atoms with E-state index in [0.717, 1.165) is 25.5 Å². The maximum atomic E-state index is 14.0. The number of hydrogen-bond donors (Lipinski definition) is 2. The van der Waals surface area contributed by atoms with Crippen LogP contribution in [0.4, 0.5) is 13.2 Å². The van der Waals surface area contributed by atoms with Crippen LogP contribution in [-0.2, 0) is 11.3 Å². The second-order valence-electron chi connectivity index (χ2n) is 9.05. The van der Waals surface area contributed by atoms with Crippen molar-refractivity contribution in [3.63, 3.8) is 0 Å². The molecule has 9 heteroatoms. The third-order valence-corrected chi connectivity index (χ3v) is 7.01. The van der Waals surface area contributed by atoms with Crippen molar-refractivity contribution in [1.29, 1.82) is 0 Å². The zero-order chi connectivity index (χ0) is 23.3. The van der Waals surface area contributed by atoms with Crippen molar-refractivity contribution in [3.05, 3.63) is 75.6 Å². The van der Waals surface area contributed by atoms with Crippen molar-refractivity contribution in [2.45, 2.75) is 37.9 Å². The number of H-pyrrole nitrogens is 1. The first-order valence-electron chi connectivity index (χ1n) is 10.9. The quantitative estimate of drug-likeness (QED) is 0.596. The first-order chi connectivity index (χ1) is 15.8. The van der Waals surface area contributed by atoms with Crippen molar-refractivity contribution in [3.8, 4) is 0 Å². The van der Waals surface area contributed by atoms with Crippen LogP contribution < -0.4 is 10.9 Å². The van der Waals surface area contributed by atoms with E-state index in [4.69, 9.17) is 0 Å². The summed E-state index contributed by atoms with van der Waals surface area (Å²) in [6, 6.07) is 5.44. The third-order valence-electron chi connectivity index (χ3n) is 7.01. The van der Waals surface area contributed by atoms with Gasteiger partial charge in [0.1, 0.15) is 23.5 Å². The summed E-state index contributed by atoms with van der Waals surface area (Å²) in [7, 11) is 1.81. The van der Waals surface area contributed by atoms with E-state index in [1.807, 2.05) is 11.9 Å². The maximum absolute atomic E-state index is 14.0. The minimum absolute atomic E-state index is 0.108. The molecule has 3 aliphatic carbocycles. The molecule has 1 unspecified atom stereocenters. The molecule has 1 aromatic carbocycles. The van der Waals surface area contributed by atoms with Crippen LogP contribution in [0.5, 0.6) is 0 Å². The van der Waals surface area contributed by atoms with Crippen molar-refractivity contribution in [1.82, 2.24) is 20.2 Å². The van der Waals surface area contributed by atoms with Gasteiger partial charge in [-0.1, -0.05) is 0 Å². The van der Waals surface area contributed by atoms with Crippen LogP contribution in [0.2, 0.25) is 0 Å². The normalized spacial score (nSPS) is 22.4. The summed E-state index contributed by atoms with van der Waals surface area (Å²) in [4.78, 5) is 34.7. The lowest BCUT2D eigenvalue weighted by Crippen LogP contribution is -2.46. The topological polar surface area (TPSA) is 78.1 Å². The van der Waals surface area contributed by atoms with Crippen molar-refractivity contribution in [2.75, 3.05) is 7.05 Å². The first-order valence-corrected chi connectivity index (χ1v) is 10.9. The summed E-state index contributed by atoms with van der Waals surface area (Å²) in [6.07, 6.45) is 4.03. The van der Waals surface area contributed by atoms with E-state index in [1.54, 1.807) is 0 Å². The molecule has 0 radical (unpaired) electrons. The Kier molecular flexibility index (Phi) is 5.44. The molecular weight excluding hydrogens is 433 g/mol. The molecule has 1 amide bonds. The minimum atomic E-state index is -0.964. The summed E-state index contributed by atoms with van der Waals surface area (Å²) in [5.41, 5.74) is 0.0960. The summed E-state index contributed by atoms with van der Waals surface area (Å²) in [5.74, 6) is -1.54. The monoisotopic (exact) mass is 456 g/mol. The van der Waals surface area contributed by atoms with E-state index in [2.05, 4.69) is 15.3 Å². The van der Waals surface area contributed by atoms with Gasteiger partial charge >= 0.3 is 0 Å². The Balaban J connectivity index is 1.49. The average Bonchev–Trinajstić information content (AvgIpc) is 3.35. The SMILES string of the molecule is CN(C1CC2CC1C2)[C@@H](C(=O)NCc1ncc(F)cc1F)c1cc2cc(F)ccc2[nH]c1=O. The van der Waals surface area contributed by atoms with E-state index >= 15 is 0 Å². The number of fused-ring (bicyclic) bond motifs is 2. The number of nitrogens with zero attached hydrogens (tertiary/aromatic N) is 2. The third kappa shape index (κ3) is 4.01. The van der Waals surface area contributed by atoms with Crippen molar-refractivity contribution < 1.29 is 18.0 Å². The fourth-order valence-corrected chi connectivity index (χ4v) is 5.30. The van der Waals surface area contributed by atoms with Crippen LogP contribution in [0, 0.1) is 29.3 Å². The van der Waals surface area contributed by atoms with E-state index in [-0.39, 0.29) is 23.8 Å². The molecule has 172 valence electrons. The van der Waals surface area contributed by atoms with E-state index in [9.17, 15) is 22.8 Å². The van der Waals surface area contributed by atoms with Gasteiger partial charge in [-0.15, -0.1) is 0 Å². The highest BCUT2D eigenvalue weighted by Crippen LogP contribution is 2.51. The van der Waals surface area contributed by atoms with Gasteiger partial charge in [-0.05, 0) is 62.4 Å². The number of benzene rings is 1. The van der Waals surface area contributed by atoms with Gasteiger partial charge in [0.2, 0.25) is 5.91 Å². The second kappa shape index (κ2) is 8.30. The maximum Gasteiger partial charge on any atom is 0.253 e. The van der Waals surface area contributed by atoms with Gasteiger partial charge in [0.25, 0.3) is 5.56 Å². The van der Waals surface area contributed by atoms with E-state index < -0.39 is 35.0 Å². The van der Waals surface area contributed by atoms with Crippen LogP contribution in [0.3, 0.4) is 0 Å². The molecule has 6 rings (SSSR count). The smallest absolute Gasteiger partial charge is 0.253 e. The summed E-state index contributed by atoms with van der Waals surface area (Å²) in [5, 5.41) is 3.12. The molecule has 2 N–H and O–H groups in total.